The average Bonchev–Trinajstić information content (AvgIpc) is 1.94. The van der Waals surface area contributed by atoms with E-state index in [-0.39, 0.29) is 5.41 Å². The summed E-state index contributed by atoms with van der Waals surface area (Å²) in [6.07, 6.45) is 0. The van der Waals surface area contributed by atoms with Crippen molar-refractivity contribution in [2.75, 3.05) is 0 Å². The van der Waals surface area contributed by atoms with E-state index >= 15 is 0 Å². The Balaban J connectivity index is 3.32. The molecule has 0 spiro atoms. The van der Waals surface area contributed by atoms with Gasteiger partial charge in [-0.2, -0.15) is 0 Å². The molecule has 1 aromatic rings. The van der Waals surface area contributed by atoms with Gasteiger partial charge in [0.15, 0.2) is 0 Å². The predicted octanol–water partition coefficient (Wildman–Crippen LogP) is 3.29. The van der Waals surface area contributed by atoms with E-state index in [1.807, 2.05) is 13.0 Å². The number of aryl methyl sites for hydroxylation is 1. The van der Waals surface area contributed by atoms with Crippen LogP contribution in [0.4, 0.5) is 0 Å². The van der Waals surface area contributed by atoms with Crippen molar-refractivity contribution in [1.29, 1.82) is 0 Å². The Morgan fingerprint density at radius 2 is 1.91 bits per heavy atom. The highest BCUT2D eigenvalue weighted by atomic mass is 14.2. The molecule has 11 heavy (non-hydrogen) atoms. The van der Waals surface area contributed by atoms with Crippen molar-refractivity contribution < 1.29 is 2.74 Å². The third-order valence-corrected chi connectivity index (χ3v) is 1.70. The smallest absolute Gasteiger partial charge is 0.0617 e. The lowest BCUT2D eigenvalue weighted by Gasteiger charge is -2.19. The van der Waals surface area contributed by atoms with E-state index in [1.165, 1.54) is 0 Å². The van der Waals surface area contributed by atoms with Crippen LogP contribution in [-0.4, -0.2) is 0 Å². The maximum absolute atomic E-state index is 7.74. The molecule has 0 aliphatic heterocycles. The lowest BCUT2D eigenvalue weighted by molar-refractivity contribution is 0.590. The lowest BCUT2D eigenvalue weighted by atomic mass is 9.86. The molecule has 60 valence electrons. The highest BCUT2D eigenvalue weighted by Crippen LogP contribution is 2.22. The maximum atomic E-state index is 7.74. The molecule has 1 rings (SSSR count). The highest BCUT2D eigenvalue weighted by molar-refractivity contribution is 5.27. The topological polar surface area (TPSA) is 0 Å². The average molecular weight is 150 g/mol. The number of hydrogen-bond acceptors (Lipinski definition) is 0. The summed E-state index contributed by atoms with van der Waals surface area (Å²) in [5.74, 6) is 0. The summed E-state index contributed by atoms with van der Waals surface area (Å²) in [5.41, 5.74) is 1.96. The molecule has 0 atom stereocenters. The van der Waals surface area contributed by atoms with Crippen LogP contribution in [0.1, 0.15) is 34.6 Å². The first-order chi connectivity index (χ1) is 5.82. The maximum Gasteiger partial charge on any atom is 0.0626 e. The van der Waals surface area contributed by atoms with Gasteiger partial charge in [0.1, 0.15) is 0 Å². The van der Waals surface area contributed by atoms with Crippen LogP contribution in [0, 0.1) is 6.92 Å². The van der Waals surface area contributed by atoms with E-state index in [0.717, 1.165) is 11.1 Å². The Hall–Kier alpha value is -0.780. The SMILES string of the molecule is [2H]c1cc([2H])c(C(C)(C)C)cc1C. The normalized spacial score (nSPS) is 14.2. The van der Waals surface area contributed by atoms with Crippen LogP contribution in [0.3, 0.4) is 0 Å². The largest absolute Gasteiger partial charge is 0.0626 e. The van der Waals surface area contributed by atoms with Crippen molar-refractivity contribution in [3.05, 3.63) is 35.3 Å². The van der Waals surface area contributed by atoms with Crippen LogP contribution < -0.4 is 0 Å². The summed E-state index contributed by atoms with van der Waals surface area (Å²) < 4.78 is 15.3. The van der Waals surface area contributed by atoms with Crippen molar-refractivity contribution in [2.45, 2.75) is 33.1 Å². The van der Waals surface area contributed by atoms with E-state index in [0.29, 0.717) is 12.1 Å². The molecule has 1 aromatic carbocycles. The molecule has 0 bridgehead atoms. The van der Waals surface area contributed by atoms with Crippen molar-refractivity contribution in [2.24, 2.45) is 0 Å². The second kappa shape index (κ2) is 2.69. The fourth-order valence-corrected chi connectivity index (χ4v) is 0.961. The Kier molecular flexibility index (Phi) is 1.42. The zero-order chi connectivity index (χ0) is 10.2. The summed E-state index contributed by atoms with van der Waals surface area (Å²) >= 11 is 0. The van der Waals surface area contributed by atoms with E-state index in [4.69, 9.17) is 2.74 Å². The van der Waals surface area contributed by atoms with Gasteiger partial charge < -0.3 is 0 Å². The highest BCUT2D eigenvalue weighted by Gasteiger charge is 2.12. The molecule has 0 aromatic heterocycles. The molecule has 0 unspecified atom stereocenters. The van der Waals surface area contributed by atoms with Gasteiger partial charge in [-0.05, 0) is 17.9 Å². The van der Waals surface area contributed by atoms with Gasteiger partial charge in [0.05, 0.1) is 2.74 Å². The molecule has 0 heterocycles. The lowest BCUT2D eigenvalue weighted by Crippen LogP contribution is -2.10. The molecule has 0 saturated carbocycles. The molecule has 0 amide bonds. The Labute approximate surface area is 72.1 Å². The van der Waals surface area contributed by atoms with Gasteiger partial charge in [0.25, 0.3) is 0 Å². The first-order valence-corrected chi connectivity index (χ1v) is 3.90. The summed E-state index contributed by atoms with van der Waals surface area (Å²) in [5, 5.41) is 0. The zero-order valence-electron chi connectivity index (χ0n) is 9.65. The van der Waals surface area contributed by atoms with Crippen molar-refractivity contribution in [1.82, 2.24) is 0 Å². The molecular formula is C11H16. The molecular weight excluding hydrogens is 132 g/mol. The van der Waals surface area contributed by atoms with Gasteiger partial charge in [-0.15, -0.1) is 0 Å². The second-order valence-corrected chi connectivity index (χ2v) is 3.92. The number of rotatable bonds is 0. The fourth-order valence-electron chi connectivity index (χ4n) is 0.961. The van der Waals surface area contributed by atoms with Gasteiger partial charge in [-0.1, -0.05) is 50.6 Å². The van der Waals surface area contributed by atoms with E-state index < -0.39 is 0 Å². The third kappa shape index (κ3) is 2.07. The Morgan fingerprint density at radius 1 is 1.27 bits per heavy atom. The van der Waals surface area contributed by atoms with Crippen LogP contribution in [0.2, 0.25) is 0 Å². The fraction of sp³-hybridized carbons (Fsp3) is 0.455. The zero-order valence-corrected chi connectivity index (χ0v) is 7.65. The predicted molar refractivity (Wildman–Crippen MR) is 49.9 cm³/mol. The summed E-state index contributed by atoms with van der Waals surface area (Å²) in [6, 6.07) is 4.50. The molecule has 0 nitrogen and oxygen atoms in total. The van der Waals surface area contributed by atoms with E-state index in [1.54, 1.807) is 6.07 Å². The van der Waals surface area contributed by atoms with E-state index in [9.17, 15) is 0 Å². The molecule has 0 saturated heterocycles. The third-order valence-electron chi connectivity index (χ3n) is 1.70. The number of hydrogen-bond donors (Lipinski definition) is 0. The quantitative estimate of drug-likeness (QED) is 0.532. The molecule has 0 heteroatoms. The van der Waals surface area contributed by atoms with Gasteiger partial charge in [0.2, 0.25) is 0 Å². The molecule has 0 N–H and O–H groups in total. The summed E-state index contributed by atoms with van der Waals surface area (Å²) in [6.45, 7) is 8.17. The first kappa shape index (κ1) is 5.82. The number of benzene rings is 1. The van der Waals surface area contributed by atoms with Crippen LogP contribution in [0.15, 0.2) is 24.2 Å². The van der Waals surface area contributed by atoms with Crippen molar-refractivity contribution in [3.8, 4) is 0 Å². The Morgan fingerprint density at radius 3 is 2.45 bits per heavy atom. The van der Waals surface area contributed by atoms with Gasteiger partial charge in [0, 0.05) is 0 Å². The van der Waals surface area contributed by atoms with Crippen molar-refractivity contribution in [3.63, 3.8) is 0 Å². The Bertz CT molecular complexity index is 322. The second-order valence-electron chi connectivity index (χ2n) is 3.92. The van der Waals surface area contributed by atoms with Gasteiger partial charge in [-0.3, -0.25) is 0 Å². The van der Waals surface area contributed by atoms with Crippen LogP contribution in [-0.2, 0) is 5.41 Å². The van der Waals surface area contributed by atoms with Crippen LogP contribution in [0.5, 0.6) is 0 Å². The molecule has 0 aliphatic carbocycles. The van der Waals surface area contributed by atoms with Crippen LogP contribution in [0.25, 0.3) is 0 Å². The molecule has 0 radical (unpaired) electrons. The summed E-state index contributed by atoms with van der Waals surface area (Å²) in [7, 11) is 0. The minimum absolute atomic E-state index is 0.00442. The molecule has 0 aliphatic rings. The minimum atomic E-state index is -0.00442. The summed E-state index contributed by atoms with van der Waals surface area (Å²) in [4.78, 5) is 0. The van der Waals surface area contributed by atoms with E-state index in [2.05, 4.69) is 20.8 Å². The van der Waals surface area contributed by atoms with Gasteiger partial charge in [-0.25, -0.2) is 0 Å². The van der Waals surface area contributed by atoms with Crippen molar-refractivity contribution >= 4 is 0 Å². The van der Waals surface area contributed by atoms with Crippen LogP contribution >= 0.6 is 0 Å². The molecule has 0 fully saturated rings. The minimum Gasteiger partial charge on any atom is -0.0617 e. The van der Waals surface area contributed by atoms with Gasteiger partial charge >= 0.3 is 0 Å². The standard InChI is InChI=1S/C11H16/c1-9-6-5-7-10(8-9)11(2,3)4/h5-8H,1-4H3/i6D,7D. The first-order valence-electron chi connectivity index (χ1n) is 4.90. The monoisotopic (exact) mass is 150 g/mol.